The van der Waals surface area contributed by atoms with Crippen molar-refractivity contribution in [2.75, 3.05) is 15.8 Å². The van der Waals surface area contributed by atoms with E-state index < -0.39 is 25.9 Å². The Kier molecular flexibility index (Phi) is 4.83. The van der Waals surface area contributed by atoms with Gasteiger partial charge in [0.1, 0.15) is 0 Å². The molecule has 1 heterocycles. The van der Waals surface area contributed by atoms with Crippen LogP contribution < -0.4 is 4.31 Å². The summed E-state index contributed by atoms with van der Waals surface area (Å²) < 4.78 is 51.5. The molecule has 5 nitrogen and oxygen atoms in total. The quantitative estimate of drug-likeness (QED) is 0.792. The maximum Gasteiger partial charge on any atom is 0.264 e. The van der Waals surface area contributed by atoms with Crippen molar-refractivity contribution < 1.29 is 16.8 Å². The zero-order chi connectivity index (χ0) is 18.2. The van der Waals surface area contributed by atoms with Crippen molar-refractivity contribution in [3.05, 3.63) is 59.1 Å². The predicted molar refractivity (Wildman–Crippen MR) is 99.4 cm³/mol. The molecular formula is C17H18ClNO4S2. The van der Waals surface area contributed by atoms with Crippen molar-refractivity contribution in [1.29, 1.82) is 0 Å². The molecule has 134 valence electrons. The Morgan fingerprint density at radius 2 is 1.64 bits per heavy atom. The summed E-state index contributed by atoms with van der Waals surface area (Å²) in [7, 11) is -7.13. The normalized spacial score (nSPS) is 19.7. The van der Waals surface area contributed by atoms with Gasteiger partial charge in [0.05, 0.1) is 28.1 Å². The first-order valence-electron chi connectivity index (χ1n) is 7.76. The SMILES string of the molecule is Cc1ccc(S(=O)(=O)N(c2ccc(Cl)cc2)C2CCS(=O)(=O)C2)cc1. The van der Waals surface area contributed by atoms with E-state index in [-0.39, 0.29) is 22.8 Å². The lowest BCUT2D eigenvalue weighted by Gasteiger charge is -2.29. The number of rotatable bonds is 4. The van der Waals surface area contributed by atoms with Gasteiger partial charge < -0.3 is 0 Å². The van der Waals surface area contributed by atoms with Crippen LogP contribution in [-0.2, 0) is 19.9 Å². The van der Waals surface area contributed by atoms with E-state index in [4.69, 9.17) is 11.6 Å². The molecule has 3 rings (SSSR count). The third-order valence-corrected chi connectivity index (χ3v) is 8.10. The Bertz CT molecular complexity index is 968. The maximum atomic E-state index is 13.2. The summed E-state index contributed by atoms with van der Waals surface area (Å²) in [5.74, 6) is -0.189. The first kappa shape index (κ1) is 18.2. The molecule has 0 aromatic heterocycles. The molecule has 0 spiro atoms. The lowest BCUT2D eigenvalue weighted by atomic mass is 10.2. The van der Waals surface area contributed by atoms with Crippen LogP contribution in [0, 0.1) is 6.92 Å². The minimum atomic E-state index is -3.89. The van der Waals surface area contributed by atoms with Crippen LogP contribution in [0.4, 0.5) is 5.69 Å². The van der Waals surface area contributed by atoms with Gasteiger partial charge in [-0.15, -0.1) is 0 Å². The molecule has 0 bridgehead atoms. The van der Waals surface area contributed by atoms with Crippen molar-refractivity contribution in [1.82, 2.24) is 0 Å². The highest BCUT2D eigenvalue weighted by Crippen LogP contribution is 2.31. The van der Waals surface area contributed by atoms with Crippen LogP contribution >= 0.6 is 11.6 Å². The molecule has 1 fully saturated rings. The molecule has 0 saturated carbocycles. The summed E-state index contributed by atoms with van der Waals surface area (Å²) in [6.07, 6.45) is 0.274. The van der Waals surface area contributed by atoms with Crippen LogP contribution in [-0.4, -0.2) is 34.4 Å². The van der Waals surface area contributed by atoms with E-state index in [0.29, 0.717) is 10.7 Å². The van der Waals surface area contributed by atoms with Crippen molar-refractivity contribution in [2.24, 2.45) is 0 Å². The summed E-state index contributed by atoms with van der Waals surface area (Å²) in [5, 5.41) is 0.482. The molecular weight excluding hydrogens is 382 g/mol. The number of halogens is 1. The molecule has 25 heavy (non-hydrogen) atoms. The van der Waals surface area contributed by atoms with Gasteiger partial charge in [-0.25, -0.2) is 16.8 Å². The predicted octanol–water partition coefficient (Wildman–Crippen LogP) is 3.03. The number of nitrogens with zero attached hydrogens (tertiary/aromatic N) is 1. The molecule has 1 aliphatic heterocycles. The maximum absolute atomic E-state index is 13.2. The minimum absolute atomic E-state index is 0.00876. The van der Waals surface area contributed by atoms with Gasteiger partial charge in [-0.3, -0.25) is 4.31 Å². The molecule has 0 amide bonds. The molecule has 1 unspecified atom stereocenters. The van der Waals surface area contributed by atoms with Crippen LogP contribution in [0.2, 0.25) is 5.02 Å². The summed E-state index contributed by atoms with van der Waals surface area (Å²) >= 11 is 5.91. The molecule has 1 saturated heterocycles. The first-order valence-corrected chi connectivity index (χ1v) is 11.4. The molecule has 2 aromatic rings. The van der Waals surface area contributed by atoms with Crippen LogP contribution in [0.1, 0.15) is 12.0 Å². The van der Waals surface area contributed by atoms with E-state index in [1.807, 2.05) is 6.92 Å². The highest BCUT2D eigenvalue weighted by molar-refractivity contribution is 7.93. The molecule has 8 heteroatoms. The van der Waals surface area contributed by atoms with Crippen molar-refractivity contribution >= 4 is 37.1 Å². The monoisotopic (exact) mass is 399 g/mol. The number of sulfone groups is 1. The number of aryl methyl sites for hydroxylation is 1. The second-order valence-electron chi connectivity index (χ2n) is 6.15. The molecule has 0 radical (unpaired) electrons. The van der Waals surface area contributed by atoms with Gasteiger partial charge >= 0.3 is 0 Å². The van der Waals surface area contributed by atoms with E-state index in [1.165, 1.54) is 16.4 Å². The Morgan fingerprint density at radius 1 is 1.04 bits per heavy atom. The molecule has 0 N–H and O–H groups in total. The molecule has 1 aliphatic rings. The van der Waals surface area contributed by atoms with Gasteiger partial charge in [-0.05, 0) is 49.7 Å². The first-order chi connectivity index (χ1) is 11.7. The standard InChI is InChI=1S/C17H18ClNO4S2/c1-13-2-8-17(9-3-13)25(22,23)19(15-6-4-14(18)5-7-15)16-10-11-24(20,21)12-16/h2-9,16H,10-12H2,1H3. The lowest BCUT2D eigenvalue weighted by Crippen LogP contribution is -2.41. The van der Waals surface area contributed by atoms with Crippen LogP contribution in [0.25, 0.3) is 0 Å². The van der Waals surface area contributed by atoms with Gasteiger partial charge in [0.15, 0.2) is 9.84 Å². The van der Waals surface area contributed by atoms with Gasteiger partial charge in [0.25, 0.3) is 10.0 Å². The van der Waals surface area contributed by atoms with E-state index in [0.717, 1.165) is 5.56 Å². The summed E-state index contributed by atoms with van der Waals surface area (Å²) in [5.41, 5.74) is 1.35. The van der Waals surface area contributed by atoms with Crippen LogP contribution in [0.5, 0.6) is 0 Å². The fourth-order valence-corrected chi connectivity index (χ4v) is 6.52. The average molecular weight is 400 g/mol. The van der Waals surface area contributed by atoms with E-state index >= 15 is 0 Å². The smallest absolute Gasteiger partial charge is 0.262 e. The Morgan fingerprint density at radius 3 is 2.16 bits per heavy atom. The van der Waals surface area contributed by atoms with E-state index in [9.17, 15) is 16.8 Å². The second-order valence-corrected chi connectivity index (χ2v) is 10.6. The summed E-state index contributed by atoms with van der Waals surface area (Å²) in [6, 6.07) is 12.3. The van der Waals surface area contributed by atoms with Crippen molar-refractivity contribution in [3.63, 3.8) is 0 Å². The molecule has 0 aliphatic carbocycles. The highest BCUT2D eigenvalue weighted by Gasteiger charge is 2.39. The van der Waals surface area contributed by atoms with Crippen molar-refractivity contribution in [3.8, 4) is 0 Å². The lowest BCUT2D eigenvalue weighted by molar-refractivity contribution is 0.580. The number of hydrogen-bond donors (Lipinski definition) is 0. The van der Waals surface area contributed by atoms with Gasteiger partial charge in [0.2, 0.25) is 0 Å². The Balaban J connectivity index is 2.10. The average Bonchev–Trinajstić information content (AvgIpc) is 2.89. The van der Waals surface area contributed by atoms with Crippen LogP contribution in [0.3, 0.4) is 0 Å². The third kappa shape index (κ3) is 3.83. The van der Waals surface area contributed by atoms with Gasteiger partial charge in [0, 0.05) is 5.02 Å². The zero-order valence-corrected chi connectivity index (χ0v) is 16.0. The number of benzene rings is 2. The molecule has 2 aromatic carbocycles. The number of hydrogen-bond acceptors (Lipinski definition) is 4. The van der Waals surface area contributed by atoms with E-state index in [2.05, 4.69) is 0 Å². The summed E-state index contributed by atoms with van der Waals surface area (Å²) in [6.45, 7) is 1.87. The number of sulfonamides is 1. The fraction of sp³-hybridized carbons (Fsp3) is 0.294. The Hall–Kier alpha value is -1.57. The largest absolute Gasteiger partial charge is 0.264 e. The highest BCUT2D eigenvalue weighted by atomic mass is 35.5. The summed E-state index contributed by atoms with van der Waals surface area (Å²) in [4.78, 5) is 0.136. The minimum Gasteiger partial charge on any atom is -0.262 e. The van der Waals surface area contributed by atoms with Gasteiger partial charge in [-0.2, -0.15) is 0 Å². The third-order valence-electron chi connectivity index (χ3n) is 4.20. The van der Waals surface area contributed by atoms with E-state index in [1.54, 1.807) is 36.4 Å². The zero-order valence-electron chi connectivity index (χ0n) is 13.6. The molecule has 1 atom stereocenters. The second kappa shape index (κ2) is 6.63. The van der Waals surface area contributed by atoms with Crippen LogP contribution in [0.15, 0.2) is 53.4 Å². The Labute approximate surface area is 153 Å². The van der Waals surface area contributed by atoms with Gasteiger partial charge in [-0.1, -0.05) is 29.3 Å². The number of anilines is 1. The van der Waals surface area contributed by atoms with Crippen molar-refractivity contribution in [2.45, 2.75) is 24.3 Å². The topological polar surface area (TPSA) is 71.5 Å². The fourth-order valence-electron chi connectivity index (χ4n) is 2.92.